The molecule has 2 atom stereocenters. The van der Waals surface area contributed by atoms with Crippen molar-refractivity contribution in [1.82, 2.24) is 15.1 Å². The highest BCUT2D eigenvalue weighted by Gasteiger charge is 2.25. The van der Waals surface area contributed by atoms with Crippen molar-refractivity contribution in [3.8, 4) is 0 Å². The normalized spacial score (nSPS) is 22.4. The van der Waals surface area contributed by atoms with E-state index in [-0.39, 0.29) is 11.9 Å². The van der Waals surface area contributed by atoms with E-state index >= 15 is 0 Å². The molecule has 1 aliphatic rings. The summed E-state index contributed by atoms with van der Waals surface area (Å²) in [6.45, 7) is 8.11. The largest absolute Gasteiger partial charge is 0.310 e. The first-order valence-electron chi connectivity index (χ1n) is 7.89. The molecule has 118 valence electrons. The number of halogens is 1. The predicted octanol–water partition coefficient (Wildman–Crippen LogP) is 2.42. The van der Waals surface area contributed by atoms with Crippen molar-refractivity contribution in [3.05, 3.63) is 35.1 Å². The standard InChI is InChI=1S/C17H28FN3/c1-5-19-17(14-7-6-13(2)16(18)10-14)11-15-12-20(3)8-9-21(15)4/h6-7,10,15,17,19H,5,8-9,11-12H2,1-4H3. The maximum atomic E-state index is 13.9. The second kappa shape index (κ2) is 7.34. The molecule has 1 aromatic carbocycles. The average Bonchev–Trinajstić information content (AvgIpc) is 2.45. The average molecular weight is 293 g/mol. The first-order valence-corrected chi connectivity index (χ1v) is 7.89. The van der Waals surface area contributed by atoms with Crippen LogP contribution in [0.1, 0.15) is 30.5 Å². The monoisotopic (exact) mass is 293 g/mol. The number of rotatable bonds is 5. The lowest BCUT2D eigenvalue weighted by Gasteiger charge is -2.39. The van der Waals surface area contributed by atoms with E-state index < -0.39 is 0 Å². The van der Waals surface area contributed by atoms with Gasteiger partial charge in [0.1, 0.15) is 5.82 Å². The molecule has 0 radical (unpaired) electrons. The van der Waals surface area contributed by atoms with Crippen molar-refractivity contribution < 1.29 is 4.39 Å². The number of benzene rings is 1. The lowest BCUT2D eigenvalue weighted by molar-refractivity contribution is 0.101. The molecule has 21 heavy (non-hydrogen) atoms. The zero-order valence-electron chi connectivity index (χ0n) is 13.7. The van der Waals surface area contributed by atoms with Crippen molar-refractivity contribution in [2.45, 2.75) is 32.4 Å². The summed E-state index contributed by atoms with van der Waals surface area (Å²) in [6.07, 6.45) is 1.01. The Labute approximate surface area is 128 Å². The summed E-state index contributed by atoms with van der Waals surface area (Å²) < 4.78 is 13.9. The zero-order chi connectivity index (χ0) is 15.4. The topological polar surface area (TPSA) is 18.5 Å². The molecule has 0 amide bonds. The van der Waals surface area contributed by atoms with Crippen molar-refractivity contribution in [2.24, 2.45) is 0 Å². The van der Waals surface area contributed by atoms with Crippen LogP contribution in [0, 0.1) is 12.7 Å². The minimum atomic E-state index is -0.107. The molecule has 1 saturated heterocycles. The van der Waals surface area contributed by atoms with Crippen molar-refractivity contribution >= 4 is 0 Å². The van der Waals surface area contributed by atoms with Gasteiger partial charge in [0.05, 0.1) is 0 Å². The Morgan fingerprint density at radius 2 is 2.10 bits per heavy atom. The van der Waals surface area contributed by atoms with Gasteiger partial charge in [0, 0.05) is 31.7 Å². The summed E-state index contributed by atoms with van der Waals surface area (Å²) in [5, 5.41) is 3.52. The van der Waals surface area contributed by atoms with E-state index in [1.807, 2.05) is 13.0 Å². The van der Waals surface area contributed by atoms with Crippen LogP contribution >= 0.6 is 0 Å². The summed E-state index contributed by atoms with van der Waals surface area (Å²) in [7, 11) is 4.37. The van der Waals surface area contributed by atoms with Gasteiger partial charge in [-0.3, -0.25) is 0 Å². The van der Waals surface area contributed by atoms with Gasteiger partial charge in [-0.05, 0) is 51.2 Å². The van der Waals surface area contributed by atoms with Gasteiger partial charge >= 0.3 is 0 Å². The van der Waals surface area contributed by atoms with Gasteiger partial charge in [-0.1, -0.05) is 19.1 Å². The van der Waals surface area contributed by atoms with E-state index in [1.54, 1.807) is 6.07 Å². The number of hydrogen-bond acceptors (Lipinski definition) is 3. The van der Waals surface area contributed by atoms with E-state index in [0.29, 0.717) is 11.6 Å². The van der Waals surface area contributed by atoms with E-state index in [0.717, 1.165) is 38.2 Å². The Morgan fingerprint density at radius 3 is 2.76 bits per heavy atom. The first kappa shape index (κ1) is 16.4. The highest BCUT2D eigenvalue weighted by atomic mass is 19.1. The molecule has 2 rings (SSSR count). The highest BCUT2D eigenvalue weighted by molar-refractivity contribution is 5.26. The van der Waals surface area contributed by atoms with Crippen LogP contribution in [0.3, 0.4) is 0 Å². The van der Waals surface area contributed by atoms with Gasteiger partial charge in [0.25, 0.3) is 0 Å². The SMILES string of the molecule is CCNC(CC1CN(C)CCN1C)c1ccc(C)c(F)c1. The van der Waals surface area contributed by atoms with Gasteiger partial charge in [0.2, 0.25) is 0 Å². The molecule has 0 spiro atoms. The van der Waals surface area contributed by atoms with Gasteiger partial charge in [-0.15, -0.1) is 0 Å². The number of aryl methyl sites for hydroxylation is 1. The molecule has 1 N–H and O–H groups in total. The molecule has 3 nitrogen and oxygen atoms in total. The van der Waals surface area contributed by atoms with Crippen LogP contribution < -0.4 is 5.32 Å². The van der Waals surface area contributed by atoms with Crippen LogP contribution in [0.4, 0.5) is 4.39 Å². The van der Waals surface area contributed by atoms with Crippen LogP contribution in [0.25, 0.3) is 0 Å². The van der Waals surface area contributed by atoms with Gasteiger partial charge in [-0.2, -0.15) is 0 Å². The molecule has 0 saturated carbocycles. The molecule has 1 aliphatic heterocycles. The molecule has 4 heteroatoms. The van der Waals surface area contributed by atoms with Crippen LogP contribution in [-0.2, 0) is 0 Å². The third-order valence-corrected chi connectivity index (χ3v) is 4.54. The minimum absolute atomic E-state index is 0.107. The molecular weight excluding hydrogens is 265 g/mol. The number of piperazine rings is 1. The Morgan fingerprint density at radius 1 is 1.33 bits per heavy atom. The fraction of sp³-hybridized carbons (Fsp3) is 0.647. The van der Waals surface area contributed by atoms with Crippen LogP contribution in [0.2, 0.25) is 0 Å². The maximum Gasteiger partial charge on any atom is 0.126 e. The predicted molar refractivity (Wildman–Crippen MR) is 86.1 cm³/mol. The molecule has 2 unspecified atom stereocenters. The Hall–Kier alpha value is -0.970. The third-order valence-electron chi connectivity index (χ3n) is 4.54. The molecule has 0 aromatic heterocycles. The van der Waals surface area contributed by atoms with Crippen LogP contribution in [0.5, 0.6) is 0 Å². The molecule has 1 aromatic rings. The summed E-state index contributed by atoms with van der Waals surface area (Å²) in [5.74, 6) is -0.107. The second-order valence-electron chi connectivity index (χ2n) is 6.25. The van der Waals surface area contributed by atoms with Gasteiger partial charge < -0.3 is 15.1 Å². The van der Waals surface area contributed by atoms with Gasteiger partial charge in [-0.25, -0.2) is 4.39 Å². The maximum absolute atomic E-state index is 13.9. The number of nitrogens with zero attached hydrogens (tertiary/aromatic N) is 2. The fourth-order valence-corrected chi connectivity index (χ4v) is 3.04. The van der Waals surface area contributed by atoms with Crippen molar-refractivity contribution in [1.29, 1.82) is 0 Å². The third kappa shape index (κ3) is 4.25. The molecule has 1 fully saturated rings. The summed E-state index contributed by atoms with van der Waals surface area (Å²) in [5.41, 5.74) is 1.77. The minimum Gasteiger partial charge on any atom is -0.310 e. The number of hydrogen-bond donors (Lipinski definition) is 1. The van der Waals surface area contributed by atoms with Crippen LogP contribution in [0.15, 0.2) is 18.2 Å². The molecular formula is C17H28FN3. The Kier molecular flexibility index (Phi) is 5.73. The zero-order valence-corrected chi connectivity index (χ0v) is 13.7. The van der Waals surface area contributed by atoms with Crippen molar-refractivity contribution in [2.75, 3.05) is 40.3 Å². The van der Waals surface area contributed by atoms with Crippen molar-refractivity contribution in [3.63, 3.8) is 0 Å². The Balaban J connectivity index is 2.12. The fourth-order valence-electron chi connectivity index (χ4n) is 3.04. The summed E-state index contributed by atoms with van der Waals surface area (Å²) in [4.78, 5) is 4.80. The lowest BCUT2D eigenvalue weighted by atomic mass is 9.96. The number of likely N-dealkylation sites (N-methyl/N-ethyl adjacent to an activating group) is 2. The van der Waals surface area contributed by atoms with Gasteiger partial charge in [0.15, 0.2) is 0 Å². The Bertz CT molecular complexity index is 463. The van der Waals surface area contributed by atoms with E-state index in [1.165, 1.54) is 0 Å². The van der Waals surface area contributed by atoms with E-state index in [4.69, 9.17) is 0 Å². The van der Waals surface area contributed by atoms with Crippen LogP contribution in [-0.4, -0.2) is 56.1 Å². The molecule has 0 bridgehead atoms. The highest BCUT2D eigenvalue weighted by Crippen LogP contribution is 2.24. The number of nitrogens with one attached hydrogen (secondary N) is 1. The summed E-state index contributed by atoms with van der Waals surface area (Å²) >= 11 is 0. The lowest BCUT2D eigenvalue weighted by Crippen LogP contribution is -2.51. The van der Waals surface area contributed by atoms with E-state index in [9.17, 15) is 4.39 Å². The first-order chi connectivity index (χ1) is 10.0. The smallest absolute Gasteiger partial charge is 0.126 e. The molecule has 0 aliphatic carbocycles. The molecule has 1 heterocycles. The summed E-state index contributed by atoms with van der Waals surface area (Å²) in [6, 6.07) is 6.35. The van der Waals surface area contributed by atoms with E-state index in [2.05, 4.69) is 42.2 Å². The quantitative estimate of drug-likeness (QED) is 0.899. The second-order valence-corrected chi connectivity index (χ2v) is 6.25.